The van der Waals surface area contributed by atoms with Gasteiger partial charge in [0.1, 0.15) is 15.7 Å². The smallest absolute Gasteiger partial charge is 0.255 e. The summed E-state index contributed by atoms with van der Waals surface area (Å²) in [6, 6.07) is 18.4. The Hall–Kier alpha value is -3.18. The molecule has 1 N–H and O–H groups in total. The lowest BCUT2D eigenvalue weighted by Crippen LogP contribution is -2.41. The summed E-state index contributed by atoms with van der Waals surface area (Å²) in [6.07, 6.45) is 0. The van der Waals surface area contributed by atoms with Crippen molar-refractivity contribution in [1.82, 2.24) is 9.29 Å². The van der Waals surface area contributed by atoms with Gasteiger partial charge in [0.2, 0.25) is 10.0 Å². The first-order chi connectivity index (χ1) is 16.4. The Morgan fingerprint density at radius 1 is 1.03 bits per heavy atom. The molecule has 10 heteroatoms. The van der Waals surface area contributed by atoms with Gasteiger partial charge in [0.05, 0.1) is 23.4 Å². The molecule has 0 radical (unpaired) electrons. The van der Waals surface area contributed by atoms with Crippen LogP contribution in [0.15, 0.2) is 71.6 Å². The van der Waals surface area contributed by atoms with E-state index in [4.69, 9.17) is 4.74 Å². The van der Waals surface area contributed by atoms with E-state index in [9.17, 15) is 17.6 Å². The highest BCUT2D eigenvalue weighted by Crippen LogP contribution is 2.31. The van der Waals surface area contributed by atoms with E-state index >= 15 is 0 Å². The zero-order valence-corrected chi connectivity index (χ0v) is 19.5. The lowest BCUT2D eigenvalue weighted by Gasteiger charge is -2.26. The van der Waals surface area contributed by atoms with Gasteiger partial charge in [0.25, 0.3) is 5.91 Å². The van der Waals surface area contributed by atoms with Gasteiger partial charge >= 0.3 is 0 Å². The minimum atomic E-state index is -4.09. The Balaban J connectivity index is 1.39. The maximum atomic E-state index is 14.5. The first kappa shape index (κ1) is 22.6. The summed E-state index contributed by atoms with van der Waals surface area (Å²) in [5.74, 6) is -1.44. The van der Waals surface area contributed by atoms with Gasteiger partial charge in [0, 0.05) is 29.9 Å². The van der Waals surface area contributed by atoms with Crippen LogP contribution in [0.25, 0.3) is 20.8 Å². The maximum absolute atomic E-state index is 14.5. The van der Waals surface area contributed by atoms with Gasteiger partial charge in [-0.15, -0.1) is 11.3 Å². The maximum Gasteiger partial charge on any atom is 0.255 e. The molecule has 0 bridgehead atoms. The second kappa shape index (κ2) is 9.22. The third-order valence-electron chi connectivity index (χ3n) is 5.44. The quantitative estimate of drug-likeness (QED) is 0.442. The van der Waals surface area contributed by atoms with Crippen molar-refractivity contribution in [1.29, 1.82) is 0 Å². The standard InChI is InChI=1S/C24H20FN3O4S2/c25-19-9-8-16(15-22(19)34(30,31)28-10-12-32-13-11-28)23(29)26-18-5-3-4-17(14-18)24-27-20-6-1-2-7-21(20)33-24/h1-9,14-15H,10-13H2,(H,26,29). The number of nitrogens with zero attached hydrogens (tertiary/aromatic N) is 2. The summed E-state index contributed by atoms with van der Waals surface area (Å²) in [4.78, 5) is 17.0. The third kappa shape index (κ3) is 4.45. The zero-order valence-electron chi connectivity index (χ0n) is 17.9. The molecule has 5 rings (SSSR count). The molecule has 3 aromatic carbocycles. The van der Waals surface area contributed by atoms with E-state index in [0.717, 1.165) is 37.2 Å². The normalized spacial score (nSPS) is 14.9. The number of thiazole rings is 1. The molecule has 0 aliphatic carbocycles. The van der Waals surface area contributed by atoms with Crippen molar-refractivity contribution in [3.63, 3.8) is 0 Å². The Morgan fingerprint density at radius 3 is 2.62 bits per heavy atom. The Bertz CT molecular complexity index is 1450. The Labute approximate surface area is 199 Å². The highest BCUT2D eigenvalue weighted by Gasteiger charge is 2.29. The number of benzene rings is 3. The molecule has 0 saturated carbocycles. The molecule has 174 valence electrons. The molecule has 1 aliphatic heterocycles. The van der Waals surface area contributed by atoms with Gasteiger partial charge in [-0.1, -0.05) is 24.3 Å². The number of sulfonamides is 1. The van der Waals surface area contributed by atoms with Crippen LogP contribution in [0, 0.1) is 5.82 Å². The monoisotopic (exact) mass is 497 g/mol. The van der Waals surface area contributed by atoms with E-state index in [2.05, 4.69) is 10.3 Å². The van der Waals surface area contributed by atoms with Gasteiger partial charge in [0.15, 0.2) is 0 Å². The van der Waals surface area contributed by atoms with Crippen molar-refractivity contribution in [2.24, 2.45) is 0 Å². The average molecular weight is 498 g/mol. The predicted octanol–water partition coefficient (Wildman–Crippen LogP) is 4.38. The van der Waals surface area contributed by atoms with E-state index in [0.29, 0.717) is 5.69 Å². The fourth-order valence-electron chi connectivity index (χ4n) is 3.70. The van der Waals surface area contributed by atoms with Crippen LogP contribution in [0.2, 0.25) is 0 Å². The topological polar surface area (TPSA) is 88.6 Å². The molecule has 1 amide bonds. The van der Waals surface area contributed by atoms with Crippen molar-refractivity contribution >= 4 is 43.2 Å². The largest absolute Gasteiger partial charge is 0.379 e. The number of rotatable bonds is 5. The number of carbonyl (C=O) groups excluding carboxylic acids is 1. The number of carbonyl (C=O) groups is 1. The fourth-order valence-corrected chi connectivity index (χ4v) is 6.16. The average Bonchev–Trinajstić information content (AvgIpc) is 3.29. The summed E-state index contributed by atoms with van der Waals surface area (Å²) in [5, 5.41) is 3.58. The number of hydrogen-bond acceptors (Lipinski definition) is 6. The Kier molecular flexibility index (Phi) is 6.13. The zero-order chi connectivity index (χ0) is 23.7. The van der Waals surface area contributed by atoms with Crippen molar-refractivity contribution in [2.45, 2.75) is 4.90 Å². The van der Waals surface area contributed by atoms with Crippen LogP contribution >= 0.6 is 11.3 Å². The fraction of sp³-hybridized carbons (Fsp3) is 0.167. The van der Waals surface area contributed by atoms with Crippen molar-refractivity contribution in [3.05, 3.63) is 78.1 Å². The van der Waals surface area contributed by atoms with Gasteiger partial charge in [-0.25, -0.2) is 17.8 Å². The molecular formula is C24H20FN3O4S2. The molecular weight excluding hydrogens is 477 g/mol. The number of morpholine rings is 1. The SMILES string of the molecule is O=C(Nc1cccc(-c2nc3ccccc3s2)c1)c1ccc(F)c(S(=O)(=O)N2CCOCC2)c1. The highest BCUT2D eigenvalue weighted by atomic mass is 32.2. The van der Waals surface area contributed by atoms with E-state index in [-0.39, 0.29) is 31.9 Å². The summed E-state index contributed by atoms with van der Waals surface area (Å²) in [6.45, 7) is 0.756. The lowest BCUT2D eigenvalue weighted by molar-refractivity contribution is 0.0729. The van der Waals surface area contributed by atoms with Gasteiger partial charge in [-0.2, -0.15) is 4.31 Å². The predicted molar refractivity (Wildman–Crippen MR) is 129 cm³/mol. The second-order valence-electron chi connectivity index (χ2n) is 7.68. The minimum Gasteiger partial charge on any atom is -0.379 e. The molecule has 0 spiro atoms. The molecule has 1 saturated heterocycles. The third-order valence-corrected chi connectivity index (χ3v) is 8.44. The summed E-state index contributed by atoms with van der Waals surface area (Å²) in [7, 11) is -4.09. The number of ether oxygens (including phenoxy) is 1. The van der Waals surface area contributed by atoms with Gasteiger partial charge < -0.3 is 10.1 Å². The van der Waals surface area contributed by atoms with Gasteiger partial charge in [-0.05, 0) is 42.5 Å². The number of fused-ring (bicyclic) bond motifs is 1. The number of para-hydroxylation sites is 1. The van der Waals surface area contributed by atoms with E-state index in [1.165, 1.54) is 6.07 Å². The molecule has 34 heavy (non-hydrogen) atoms. The molecule has 0 unspecified atom stereocenters. The first-order valence-corrected chi connectivity index (χ1v) is 12.8. The minimum absolute atomic E-state index is 0.0404. The molecule has 1 aromatic heterocycles. The van der Waals surface area contributed by atoms with Crippen molar-refractivity contribution in [3.8, 4) is 10.6 Å². The Morgan fingerprint density at radius 2 is 1.82 bits per heavy atom. The van der Waals surface area contributed by atoms with E-state index in [1.54, 1.807) is 29.5 Å². The second-order valence-corrected chi connectivity index (χ2v) is 10.6. The number of aromatic nitrogens is 1. The molecule has 1 fully saturated rings. The number of anilines is 1. The molecule has 4 aromatic rings. The molecule has 2 heterocycles. The van der Waals surface area contributed by atoms with Crippen LogP contribution in [0.5, 0.6) is 0 Å². The van der Waals surface area contributed by atoms with Crippen LogP contribution in [-0.2, 0) is 14.8 Å². The summed E-state index contributed by atoms with van der Waals surface area (Å²) >= 11 is 1.55. The van der Waals surface area contributed by atoms with Crippen LogP contribution in [0.1, 0.15) is 10.4 Å². The first-order valence-electron chi connectivity index (χ1n) is 10.6. The van der Waals surface area contributed by atoms with Crippen molar-refractivity contribution < 1.29 is 22.3 Å². The van der Waals surface area contributed by atoms with Crippen LogP contribution < -0.4 is 5.32 Å². The molecule has 0 atom stereocenters. The van der Waals surface area contributed by atoms with Gasteiger partial charge in [-0.3, -0.25) is 4.79 Å². The molecule has 1 aliphatic rings. The number of hydrogen-bond donors (Lipinski definition) is 1. The van der Waals surface area contributed by atoms with Crippen LogP contribution in [-0.4, -0.2) is 49.9 Å². The lowest BCUT2D eigenvalue weighted by atomic mass is 10.1. The van der Waals surface area contributed by atoms with E-state index < -0.39 is 26.6 Å². The van der Waals surface area contributed by atoms with Crippen LogP contribution in [0.3, 0.4) is 0 Å². The molecule has 7 nitrogen and oxygen atoms in total. The summed E-state index contributed by atoms with van der Waals surface area (Å²) in [5.41, 5.74) is 2.30. The highest BCUT2D eigenvalue weighted by molar-refractivity contribution is 7.89. The number of halogens is 1. The number of amides is 1. The van der Waals surface area contributed by atoms with Crippen molar-refractivity contribution in [2.75, 3.05) is 31.6 Å². The summed E-state index contributed by atoms with van der Waals surface area (Å²) < 4.78 is 47.7. The number of nitrogens with one attached hydrogen (secondary N) is 1. The van der Waals surface area contributed by atoms with E-state index in [1.807, 2.05) is 30.3 Å². The van der Waals surface area contributed by atoms with Crippen LogP contribution in [0.4, 0.5) is 10.1 Å².